The molecule has 1 heterocycles. The summed E-state index contributed by atoms with van der Waals surface area (Å²) in [5.41, 5.74) is 1.08. The van der Waals surface area contributed by atoms with Gasteiger partial charge in [0, 0.05) is 19.5 Å². The zero-order valence-electron chi connectivity index (χ0n) is 15.2. The van der Waals surface area contributed by atoms with Crippen LogP contribution < -0.4 is 9.47 Å². The molecule has 0 saturated carbocycles. The van der Waals surface area contributed by atoms with Crippen molar-refractivity contribution in [3.63, 3.8) is 0 Å². The summed E-state index contributed by atoms with van der Waals surface area (Å²) in [6, 6.07) is 5.81. The molecule has 0 N–H and O–H groups in total. The van der Waals surface area contributed by atoms with E-state index in [2.05, 4.69) is 13.8 Å². The van der Waals surface area contributed by atoms with Crippen LogP contribution in [0.5, 0.6) is 11.5 Å². The molecule has 1 aliphatic heterocycles. The molecule has 5 nitrogen and oxygen atoms in total. The third kappa shape index (κ3) is 5.13. The minimum absolute atomic E-state index is 0.216. The first-order chi connectivity index (χ1) is 11.5. The van der Waals surface area contributed by atoms with E-state index in [0.717, 1.165) is 31.5 Å². The zero-order chi connectivity index (χ0) is 17.5. The van der Waals surface area contributed by atoms with E-state index in [-0.39, 0.29) is 12.0 Å². The molecular weight excluding hydrogens is 306 g/mol. The van der Waals surface area contributed by atoms with Gasteiger partial charge in [0.25, 0.3) is 0 Å². The Morgan fingerprint density at radius 2 is 1.83 bits per heavy atom. The van der Waals surface area contributed by atoms with E-state index < -0.39 is 0 Å². The topological polar surface area (TPSA) is 48.0 Å². The molecule has 0 spiro atoms. The maximum absolute atomic E-state index is 12.4. The zero-order valence-corrected chi connectivity index (χ0v) is 15.2. The van der Waals surface area contributed by atoms with Gasteiger partial charge in [0.05, 0.1) is 26.4 Å². The van der Waals surface area contributed by atoms with E-state index in [4.69, 9.17) is 14.2 Å². The van der Waals surface area contributed by atoms with Crippen LogP contribution in [0.1, 0.15) is 38.7 Å². The molecule has 2 rings (SSSR count). The first kappa shape index (κ1) is 18.6. The van der Waals surface area contributed by atoms with Crippen molar-refractivity contribution in [1.82, 2.24) is 4.90 Å². The lowest BCUT2D eigenvalue weighted by molar-refractivity contribution is -0.134. The van der Waals surface area contributed by atoms with Crippen LogP contribution in [0.3, 0.4) is 0 Å². The molecule has 134 valence electrons. The van der Waals surface area contributed by atoms with Crippen molar-refractivity contribution in [3.8, 4) is 11.5 Å². The summed E-state index contributed by atoms with van der Waals surface area (Å²) in [6.45, 7) is 5.70. The molecular formula is C19H29NO4. The average molecular weight is 335 g/mol. The number of amides is 1. The van der Waals surface area contributed by atoms with Gasteiger partial charge in [-0.15, -0.1) is 0 Å². The molecule has 0 atom stereocenters. The van der Waals surface area contributed by atoms with E-state index in [9.17, 15) is 4.79 Å². The summed E-state index contributed by atoms with van der Waals surface area (Å²) < 4.78 is 16.4. The van der Waals surface area contributed by atoms with Crippen LogP contribution in [0.15, 0.2) is 18.2 Å². The molecule has 1 aromatic rings. The minimum atomic E-state index is 0.216. The Labute approximate surface area is 144 Å². The maximum atomic E-state index is 12.4. The van der Waals surface area contributed by atoms with Crippen molar-refractivity contribution in [3.05, 3.63) is 23.8 Å². The van der Waals surface area contributed by atoms with Crippen LogP contribution in [0, 0.1) is 0 Å². The highest BCUT2D eigenvalue weighted by Crippen LogP contribution is 2.28. The van der Waals surface area contributed by atoms with Crippen LogP contribution in [-0.2, 0) is 16.0 Å². The Hall–Kier alpha value is -1.75. The van der Waals surface area contributed by atoms with Crippen molar-refractivity contribution in [2.75, 3.05) is 27.3 Å². The number of benzene rings is 1. The van der Waals surface area contributed by atoms with Gasteiger partial charge in [-0.3, -0.25) is 4.79 Å². The molecule has 1 aliphatic rings. The van der Waals surface area contributed by atoms with Crippen LogP contribution in [0.4, 0.5) is 0 Å². The Morgan fingerprint density at radius 3 is 2.42 bits per heavy atom. The van der Waals surface area contributed by atoms with Gasteiger partial charge < -0.3 is 19.1 Å². The molecule has 1 saturated heterocycles. The molecule has 0 radical (unpaired) electrons. The third-order valence-electron chi connectivity index (χ3n) is 4.33. The van der Waals surface area contributed by atoms with E-state index in [0.29, 0.717) is 30.4 Å². The van der Waals surface area contributed by atoms with Crippen molar-refractivity contribution in [2.45, 2.75) is 51.7 Å². The highest BCUT2D eigenvalue weighted by Gasteiger charge is 2.23. The second-order valence-corrected chi connectivity index (χ2v) is 6.45. The van der Waals surface area contributed by atoms with E-state index in [1.54, 1.807) is 14.2 Å². The van der Waals surface area contributed by atoms with Crippen molar-refractivity contribution >= 4 is 5.91 Å². The lowest BCUT2D eigenvalue weighted by Crippen LogP contribution is -2.41. The Bertz CT molecular complexity index is 536. The number of likely N-dealkylation sites (tertiary alicyclic amines) is 1. The van der Waals surface area contributed by atoms with Gasteiger partial charge >= 0.3 is 0 Å². The average Bonchev–Trinajstić information content (AvgIpc) is 2.59. The van der Waals surface area contributed by atoms with Crippen LogP contribution >= 0.6 is 0 Å². The van der Waals surface area contributed by atoms with Crippen molar-refractivity contribution in [1.29, 1.82) is 0 Å². The van der Waals surface area contributed by atoms with Crippen LogP contribution in [0.25, 0.3) is 0 Å². The number of carbonyl (C=O) groups excluding carboxylic acids is 1. The normalized spacial score (nSPS) is 15.6. The number of hydrogen-bond donors (Lipinski definition) is 0. The highest BCUT2D eigenvalue weighted by molar-refractivity contribution is 5.76. The summed E-state index contributed by atoms with van der Waals surface area (Å²) in [5.74, 6) is 1.63. The monoisotopic (exact) mass is 335 g/mol. The summed E-state index contributed by atoms with van der Waals surface area (Å²) in [5, 5.41) is 0. The number of carbonyl (C=O) groups is 1. The quantitative estimate of drug-likeness (QED) is 0.768. The number of rotatable bonds is 7. The summed E-state index contributed by atoms with van der Waals surface area (Å²) in [6.07, 6.45) is 3.63. The molecule has 0 aromatic heterocycles. The van der Waals surface area contributed by atoms with Gasteiger partial charge in [0.15, 0.2) is 11.5 Å². The molecule has 0 unspecified atom stereocenters. The fraction of sp³-hybridized carbons (Fsp3) is 0.632. The van der Waals surface area contributed by atoms with Gasteiger partial charge in [-0.25, -0.2) is 0 Å². The Kier molecular flexibility index (Phi) is 6.91. The molecule has 1 amide bonds. The summed E-state index contributed by atoms with van der Waals surface area (Å²) >= 11 is 0. The standard InChI is InChI=1S/C19H29NO4/c1-14(2)24-16-9-11-20(12-10-16)19(21)8-6-15-5-7-17(22-3)18(13-15)23-4/h5,7,13-14,16H,6,8-12H2,1-4H3. The molecule has 1 fully saturated rings. The first-order valence-corrected chi connectivity index (χ1v) is 8.67. The van der Waals surface area contributed by atoms with Gasteiger partial charge in [0.1, 0.15) is 0 Å². The van der Waals surface area contributed by atoms with Crippen molar-refractivity contribution in [2.24, 2.45) is 0 Å². The predicted molar refractivity (Wildman–Crippen MR) is 93.7 cm³/mol. The lowest BCUT2D eigenvalue weighted by Gasteiger charge is -2.33. The van der Waals surface area contributed by atoms with Crippen LogP contribution in [-0.4, -0.2) is 50.3 Å². The lowest BCUT2D eigenvalue weighted by atomic mass is 10.0. The number of aryl methyl sites for hydroxylation is 1. The summed E-state index contributed by atoms with van der Waals surface area (Å²) in [4.78, 5) is 14.4. The van der Waals surface area contributed by atoms with Gasteiger partial charge in [0.2, 0.25) is 5.91 Å². The summed E-state index contributed by atoms with van der Waals surface area (Å²) in [7, 11) is 3.24. The SMILES string of the molecule is COc1ccc(CCC(=O)N2CCC(OC(C)C)CC2)cc1OC. The van der Waals surface area contributed by atoms with E-state index in [1.807, 2.05) is 23.1 Å². The molecule has 0 aliphatic carbocycles. The van der Waals surface area contributed by atoms with E-state index >= 15 is 0 Å². The molecule has 24 heavy (non-hydrogen) atoms. The smallest absolute Gasteiger partial charge is 0.222 e. The second-order valence-electron chi connectivity index (χ2n) is 6.45. The van der Waals surface area contributed by atoms with E-state index in [1.165, 1.54) is 0 Å². The molecule has 5 heteroatoms. The number of ether oxygens (including phenoxy) is 3. The molecule has 0 bridgehead atoms. The van der Waals surface area contributed by atoms with Gasteiger partial charge in [-0.05, 0) is 50.8 Å². The first-order valence-electron chi connectivity index (χ1n) is 8.67. The second kappa shape index (κ2) is 8.92. The number of nitrogens with zero attached hydrogens (tertiary/aromatic N) is 1. The maximum Gasteiger partial charge on any atom is 0.222 e. The fourth-order valence-corrected chi connectivity index (χ4v) is 3.07. The fourth-order valence-electron chi connectivity index (χ4n) is 3.07. The molecule has 1 aromatic carbocycles. The highest BCUT2D eigenvalue weighted by atomic mass is 16.5. The predicted octanol–water partition coefficient (Wildman–Crippen LogP) is 3.05. The Morgan fingerprint density at radius 1 is 1.17 bits per heavy atom. The van der Waals surface area contributed by atoms with Crippen LogP contribution in [0.2, 0.25) is 0 Å². The number of piperidine rings is 1. The number of methoxy groups -OCH3 is 2. The number of hydrogen-bond acceptors (Lipinski definition) is 4. The van der Waals surface area contributed by atoms with Gasteiger partial charge in [-0.2, -0.15) is 0 Å². The Balaban J connectivity index is 1.81. The van der Waals surface area contributed by atoms with Crippen molar-refractivity contribution < 1.29 is 19.0 Å². The minimum Gasteiger partial charge on any atom is -0.493 e. The largest absolute Gasteiger partial charge is 0.493 e. The van der Waals surface area contributed by atoms with Gasteiger partial charge in [-0.1, -0.05) is 6.07 Å². The third-order valence-corrected chi connectivity index (χ3v) is 4.33.